The van der Waals surface area contributed by atoms with Crippen LogP contribution in [0.25, 0.3) is 0 Å². The van der Waals surface area contributed by atoms with E-state index in [1.165, 1.54) is 24.8 Å². The van der Waals surface area contributed by atoms with Crippen molar-refractivity contribution in [2.45, 2.75) is 24.7 Å². The van der Waals surface area contributed by atoms with Gasteiger partial charge in [0.1, 0.15) is 0 Å². The minimum absolute atomic E-state index is 0.0678. The zero-order valence-corrected chi connectivity index (χ0v) is 10.7. The molecule has 1 heterocycles. The van der Waals surface area contributed by atoms with Gasteiger partial charge in [0.2, 0.25) is 0 Å². The predicted octanol–water partition coefficient (Wildman–Crippen LogP) is 2.74. The van der Waals surface area contributed by atoms with Crippen LogP contribution in [0.3, 0.4) is 0 Å². The Hall–Kier alpha value is -0.570. The summed E-state index contributed by atoms with van der Waals surface area (Å²) in [5.41, 5.74) is 7.57. The molecule has 1 aromatic carbocycles. The molecule has 0 bridgehead atoms. The number of benzene rings is 1. The van der Waals surface area contributed by atoms with Crippen LogP contribution in [0.4, 0.5) is 0 Å². The van der Waals surface area contributed by atoms with Gasteiger partial charge < -0.3 is 10.5 Å². The highest BCUT2D eigenvalue weighted by atomic mass is 35.5. The Kier molecular flexibility index (Phi) is 2.69. The highest BCUT2D eigenvalue weighted by Gasteiger charge is 2.59. The lowest BCUT2D eigenvalue weighted by molar-refractivity contribution is -0.153. The molecule has 1 saturated heterocycles. The third-order valence-corrected chi connectivity index (χ3v) is 5.13. The van der Waals surface area contributed by atoms with Crippen LogP contribution in [0.15, 0.2) is 24.3 Å². The Balaban J connectivity index is 2.06. The van der Waals surface area contributed by atoms with Gasteiger partial charge in [0.15, 0.2) is 0 Å². The van der Waals surface area contributed by atoms with E-state index >= 15 is 0 Å². The smallest absolute Gasteiger partial charge is 0.0592 e. The van der Waals surface area contributed by atoms with Gasteiger partial charge in [-0.25, -0.2) is 0 Å². The lowest BCUT2D eigenvalue weighted by Gasteiger charge is -2.60. The Morgan fingerprint density at radius 3 is 2.35 bits per heavy atom. The van der Waals surface area contributed by atoms with Gasteiger partial charge in [-0.3, -0.25) is 0 Å². The summed E-state index contributed by atoms with van der Waals surface area (Å²) in [6.45, 7) is 2.28. The molecule has 0 atom stereocenters. The van der Waals surface area contributed by atoms with E-state index in [0.29, 0.717) is 0 Å². The van der Waals surface area contributed by atoms with Gasteiger partial charge in [-0.1, -0.05) is 36.2 Å². The van der Waals surface area contributed by atoms with Gasteiger partial charge in [-0.15, -0.1) is 0 Å². The molecule has 2 N–H and O–H groups in total. The molecule has 0 radical (unpaired) electrons. The Morgan fingerprint density at radius 2 is 1.94 bits per heavy atom. The summed E-state index contributed by atoms with van der Waals surface area (Å²) < 4.78 is 5.52. The van der Waals surface area contributed by atoms with E-state index in [4.69, 9.17) is 22.1 Å². The Morgan fingerprint density at radius 1 is 1.24 bits per heavy atom. The summed E-state index contributed by atoms with van der Waals surface area (Å²) in [6, 6.07) is 8.15. The fraction of sp³-hybridized carbons (Fsp3) is 0.571. The number of hydrogen-bond acceptors (Lipinski definition) is 2. The molecular weight excluding hydrogens is 234 g/mol. The van der Waals surface area contributed by atoms with E-state index in [-0.39, 0.29) is 10.8 Å². The molecule has 1 saturated carbocycles. The first-order valence-corrected chi connectivity index (χ1v) is 6.65. The average Bonchev–Trinajstić information content (AvgIpc) is 2.22. The molecule has 0 amide bonds. The number of hydrogen-bond donors (Lipinski definition) is 1. The minimum atomic E-state index is 0.0678. The normalized spacial score (nSPS) is 24.8. The van der Waals surface area contributed by atoms with Crippen molar-refractivity contribution < 1.29 is 4.74 Å². The average molecular weight is 252 g/mol. The van der Waals surface area contributed by atoms with E-state index in [9.17, 15) is 0 Å². The third kappa shape index (κ3) is 1.41. The maximum atomic E-state index is 6.37. The molecule has 3 heteroatoms. The lowest BCUT2D eigenvalue weighted by atomic mass is 9.50. The fourth-order valence-electron chi connectivity index (χ4n) is 3.38. The minimum Gasteiger partial charge on any atom is -0.379 e. The summed E-state index contributed by atoms with van der Waals surface area (Å²) in [5.74, 6) is 0. The Bertz CT molecular complexity index is 418. The molecule has 0 spiro atoms. The zero-order chi connectivity index (χ0) is 11.9. The Labute approximate surface area is 107 Å². The number of ether oxygens (including phenoxy) is 1. The van der Waals surface area contributed by atoms with Gasteiger partial charge in [0.05, 0.1) is 18.6 Å². The van der Waals surface area contributed by atoms with Gasteiger partial charge in [0.25, 0.3) is 0 Å². The molecular formula is C14H18ClNO. The monoisotopic (exact) mass is 251 g/mol. The van der Waals surface area contributed by atoms with Gasteiger partial charge in [-0.2, -0.15) is 0 Å². The SMILES string of the molecule is NCC1(C2(c3ccccc3Cl)COC2)CCC1. The zero-order valence-electron chi connectivity index (χ0n) is 9.92. The first-order valence-electron chi connectivity index (χ1n) is 6.27. The highest BCUT2D eigenvalue weighted by Crippen LogP contribution is 2.58. The van der Waals surface area contributed by atoms with Crippen LogP contribution in [0.5, 0.6) is 0 Å². The van der Waals surface area contributed by atoms with Crippen molar-refractivity contribution in [3.05, 3.63) is 34.9 Å². The largest absolute Gasteiger partial charge is 0.379 e. The standard InChI is InChI=1S/C14H18ClNO/c15-12-5-2-1-4-11(12)14(9-17-10-14)13(8-16)6-3-7-13/h1-2,4-5H,3,6-10,16H2. The highest BCUT2D eigenvalue weighted by molar-refractivity contribution is 6.31. The van der Waals surface area contributed by atoms with Gasteiger partial charge in [0, 0.05) is 5.02 Å². The third-order valence-electron chi connectivity index (χ3n) is 4.80. The van der Waals surface area contributed by atoms with Crippen LogP contribution in [0.1, 0.15) is 24.8 Å². The first kappa shape index (κ1) is 11.5. The number of rotatable bonds is 3. The number of halogens is 1. The van der Waals surface area contributed by atoms with Gasteiger partial charge >= 0.3 is 0 Å². The van der Waals surface area contributed by atoms with E-state index in [1.54, 1.807) is 0 Å². The molecule has 2 nitrogen and oxygen atoms in total. The number of nitrogens with two attached hydrogens (primary N) is 1. The van der Waals surface area contributed by atoms with E-state index < -0.39 is 0 Å². The molecule has 0 aromatic heterocycles. The molecule has 1 aliphatic carbocycles. The quantitative estimate of drug-likeness (QED) is 0.897. The van der Waals surface area contributed by atoms with Crippen LogP contribution in [-0.2, 0) is 10.2 Å². The summed E-state index contributed by atoms with van der Waals surface area (Å²) in [5, 5.41) is 0.857. The molecule has 0 unspecified atom stereocenters. The van der Waals surface area contributed by atoms with Crippen molar-refractivity contribution in [1.82, 2.24) is 0 Å². The van der Waals surface area contributed by atoms with Crippen LogP contribution < -0.4 is 5.73 Å². The van der Waals surface area contributed by atoms with Crippen LogP contribution in [0.2, 0.25) is 5.02 Å². The van der Waals surface area contributed by atoms with Crippen LogP contribution in [0, 0.1) is 5.41 Å². The van der Waals surface area contributed by atoms with Crippen LogP contribution >= 0.6 is 11.6 Å². The second-order valence-corrected chi connectivity index (χ2v) is 5.80. The summed E-state index contributed by atoms with van der Waals surface area (Å²) in [6.07, 6.45) is 3.69. The van der Waals surface area contributed by atoms with Crippen molar-refractivity contribution >= 4 is 11.6 Å². The fourth-order valence-corrected chi connectivity index (χ4v) is 3.70. The second kappa shape index (κ2) is 3.98. The summed E-state index contributed by atoms with van der Waals surface area (Å²) in [7, 11) is 0. The van der Waals surface area contributed by atoms with Crippen molar-refractivity contribution in [3.8, 4) is 0 Å². The van der Waals surface area contributed by atoms with Gasteiger partial charge in [-0.05, 0) is 36.4 Å². The topological polar surface area (TPSA) is 35.2 Å². The molecule has 1 aromatic rings. The van der Waals surface area contributed by atoms with Crippen molar-refractivity contribution in [2.24, 2.45) is 11.1 Å². The second-order valence-electron chi connectivity index (χ2n) is 5.39. The maximum absolute atomic E-state index is 6.37. The van der Waals surface area contributed by atoms with Crippen molar-refractivity contribution in [3.63, 3.8) is 0 Å². The summed E-state index contributed by atoms with van der Waals surface area (Å²) in [4.78, 5) is 0. The molecule has 2 aliphatic rings. The molecule has 17 heavy (non-hydrogen) atoms. The van der Waals surface area contributed by atoms with E-state index in [1.807, 2.05) is 12.1 Å². The first-order chi connectivity index (χ1) is 8.24. The molecule has 3 rings (SSSR count). The van der Waals surface area contributed by atoms with Crippen molar-refractivity contribution in [2.75, 3.05) is 19.8 Å². The van der Waals surface area contributed by atoms with Crippen LogP contribution in [-0.4, -0.2) is 19.8 Å². The molecule has 92 valence electrons. The lowest BCUT2D eigenvalue weighted by Crippen LogP contribution is -2.64. The molecule has 1 aliphatic heterocycles. The maximum Gasteiger partial charge on any atom is 0.0592 e. The van der Waals surface area contributed by atoms with E-state index in [2.05, 4.69) is 12.1 Å². The molecule has 2 fully saturated rings. The van der Waals surface area contributed by atoms with E-state index in [0.717, 1.165) is 24.8 Å². The summed E-state index contributed by atoms with van der Waals surface area (Å²) >= 11 is 6.37. The van der Waals surface area contributed by atoms with Crippen molar-refractivity contribution in [1.29, 1.82) is 0 Å². The predicted molar refractivity (Wildman–Crippen MR) is 69.3 cm³/mol.